The second-order valence-electron chi connectivity index (χ2n) is 6.57. The van der Waals surface area contributed by atoms with Gasteiger partial charge in [-0.05, 0) is 70.4 Å². The van der Waals surface area contributed by atoms with Crippen molar-refractivity contribution in [1.82, 2.24) is 5.43 Å². The first-order valence-corrected chi connectivity index (χ1v) is 12.0. The van der Waals surface area contributed by atoms with Gasteiger partial charge in [0.25, 0.3) is 0 Å². The monoisotopic (exact) mass is 532 g/mol. The van der Waals surface area contributed by atoms with Crippen molar-refractivity contribution < 1.29 is 14.3 Å². The van der Waals surface area contributed by atoms with Crippen LogP contribution in [0.3, 0.4) is 0 Å². The highest BCUT2D eigenvalue weighted by molar-refractivity contribution is 9.10. The van der Waals surface area contributed by atoms with Crippen LogP contribution in [-0.4, -0.2) is 24.5 Å². The predicted octanol–water partition coefficient (Wildman–Crippen LogP) is 6.32. The Bertz CT molecular complexity index is 1060. The second-order valence-corrected chi connectivity index (χ2v) is 8.91. The maximum atomic E-state index is 12.1. The van der Waals surface area contributed by atoms with Crippen molar-refractivity contribution >= 4 is 51.4 Å². The minimum atomic E-state index is -0.201. The SMILES string of the molecule is CCOc1cc(/C=N\NC(=O)CSc2ccc(Cl)cc2)cc(Br)c1OCc1ccccc1. The van der Waals surface area contributed by atoms with E-state index in [0.717, 1.165) is 20.5 Å². The molecule has 166 valence electrons. The largest absolute Gasteiger partial charge is 0.490 e. The maximum absolute atomic E-state index is 12.1. The number of nitrogens with one attached hydrogen (secondary N) is 1. The normalized spacial score (nSPS) is 10.8. The number of thioether (sulfide) groups is 1. The molecular formula is C24H22BrClN2O3S. The van der Waals surface area contributed by atoms with Crippen molar-refractivity contribution in [1.29, 1.82) is 0 Å². The van der Waals surface area contributed by atoms with Gasteiger partial charge in [-0.3, -0.25) is 4.79 Å². The number of amides is 1. The molecule has 0 saturated carbocycles. The van der Waals surface area contributed by atoms with E-state index in [9.17, 15) is 4.79 Å². The number of rotatable bonds is 10. The minimum absolute atomic E-state index is 0.201. The van der Waals surface area contributed by atoms with Crippen LogP contribution in [0.15, 0.2) is 81.2 Å². The molecule has 32 heavy (non-hydrogen) atoms. The van der Waals surface area contributed by atoms with Gasteiger partial charge in [0.1, 0.15) is 6.61 Å². The van der Waals surface area contributed by atoms with Crippen LogP contribution < -0.4 is 14.9 Å². The summed E-state index contributed by atoms with van der Waals surface area (Å²) < 4.78 is 12.5. The zero-order chi connectivity index (χ0) is 22.8. The van der Waals surface area contributed by atoms with Crippen LogP contribution in [0.5, 0.6) is 11.5 Å². The number of nitrogens with zero attached hydrogens (tertiary/aromatic N) is 1. The predicted molar refractivity (Wildman–Crippen MR) is 134 cm³/mol. The highest BCUT2D eigenvalue weighted by Crippen LogP contribution is 2.37. The molecule has 8 heteroatoms. The van der Waals surface area contributed by atoms with Crippen molar-refractivity contribution in [3.05, 3.63) is 87.4 Å². The standard InChI is InChI=1S/C24H22BrClN2O3S/c1-2-30-22-13-18(12-21(25)24(22)31-15-17-6-4-3-5-7-17)14-27-28-23(29)16-32-20-10-8-19(26)9-11-20/h3-14H,2,15-16H2,1H3,(H,28,29)/b27-14-. The Labute approximate surface area is 205 Å². The average molecular weight is 534 g/mol. The van der Waals surface area contributed by atoms with Crippen LogP contribution in [0.4, 0.5) is 0 Å². The molecule has 0 fully saturated rings. The third kappa shape index (κ3) is 7.58. The molecule has 0 aliphatic heterocycles. The molecule has 0 unspecified atom stereocenters. The third-order valence-electron chi connectivity index (χ3n) is 4.14. The van der Waals surface area contributed by atoms with E-state index in [2.05, 4.69) is 26.5 Å². The first-order chi connectivity index (χ1) is 15.5. The lowest BCUT2D eigenvalue weighted by molar-refractivity contribution is -0.118. The summed E-state index contributed by atoms with van der Waals surface area (Å²) in [5, 5.41) is 4.72. The van der Waals surface area contributed by atoms with Crippen molar-refractivity contribution in [2.45, 2.75) is 18.4 Å². The van der Waals surface area contributed by atoms with E-state index < -0.39 is 0 Å². The van der Waals surface area contributed by atoms with E-state index in [0.29, 0.717) is 29.7 Å². The molecule has 0 saturated heterocycles. The summed E-state index contributed by atoms with van der Waals surface area (Å²) in [5.41, 5.74) is 4.37. The first kappa shape index (κ1) is 24.2. The number of benzene rings is 3. The topological polar surface area (TPSA) is 59.9 Å². The summed E-state index contributed by atoms with van der Waals surface area (Å²) in [6.07, 6.45) is 1.57. The summed E-state index contributed by atoms with van der Waals surface area (Å²) in [7, 11) is 0. The molecule has 0 aromatic heterocycles. The molecule has 0 bridgehead atoms. The van der Waals surface area contributed by atoms with Gasteiger partial charge in [-0.15, -0.1) is 11.8 Å². The molecule has 3 rings (SSSR count). The Balaban J connectivity index is 1.59. The third-order valence-corrected chi connectivity index (χ3v) is 6.00. The molecule has 0 aliphatic carbocycles. The number of carbonyl (C=O) groups excluding carboxylic acids is 1. The van der Waals surface area contributed by atoms with Gasteiger partial charge in [0.05, 0.1) is 23.0 Å². The molecule has 0 atom stereocenters. The average Bonchev–Trinajstić information content (AvgIpc) is 2.79. The number of ether oxygens (including phenoxy) is 2. The number of hydrogen-bond acceptors (Lipinski definition) is 5. The number of carbonyl (C=O) groups is 1. The highest BCUT2D eigenvalue weighted by atomic mass is 79.9. The quantitative estimate of drug-likeness (QED) is 0.188. The van der Waals surface area contributed by atoms with E-state index in [1.165, 1.54) is 11.8 Å². The summed E-state index contributed by atoms with van der Waals surface area (Å²) in [6.45, 7) is 2.83. The van der Waals surface area contributed by atoms with Crippen LogP contribution in [0.1, 0.15) is 18.1 Å². The Morgan fingerprint density at radius 1 is 1.12 bits per heavy atom. The van der Waals surface area contributed by atoms with Gasteiger partial charge in [-0.1, -0.05) is 41.9 Å². The molecule has 3 aromatic carbocycles. The Morgan fingerprint density at radius 3 is 2.59 bits per heavy atom. The lowest BCUT2D eigenvalue weighted by Gasteiger charge is -2.14. The fraction of sp³-hybridized carbons (Fsp3) is 0.167. The minimum Gasteiger partial charge on any atom is -0.490 e. The van der Waals surface area contributed by atoms with Crippen molar-refractivity contribution in [2.24, 2.45) is 5.10 Å². The van der Waals surface area contributed by atoms with Gasteiger partial charge in [-0.2, -0.15) is 5.10 Å². The fourth-order valence-corrected chi connectivity index (χ4v) is 4.08. The fourth-order valence-electron chi connectivity index (χ4n) is 2.69. The number of halogens is 2. The zero-order valence-corrected chi connectivity index (χ0v) is 20.5. The van der Waals surface area contributed by atoms with Gasteiger partial charge in [0.15, 0.2) is 11.5 Å². The first-order valence-electron chi connectivity index (χ1n) is 9.88. The molecule has 1 amide bonds. The summed E-state index contributed by atoms with van der Waals surface area (Å²) in [5.74, 6) is 1.27. The van der Waals surface area contributed by atoms with E-state index in [1.54, 1.807) is 18.3 Å². The second kappa shape index (κ2) is 12.5. The summed E-state index contributed by atoms with van der Waals surface area (Å²) >= 11 is 10.8. The van der Waals surface area contributed by atoms with E-state index in [4.69, 9.17) is 21.1 Å². The van der Waals surface area contributed by atoms with Crippen molar-refractivity contribution in [3.63, 3.8) is 0 Å². The van der Waals surface area contributed by atoms with E-state index >= 15 is 0 Å². The molecule has 0 spiro atoms. The van der Waals surface area contributed by atoms with Gasteiger partial charge < -0.3 is 9.47 Å². The van der Waals surface area contributed by atoms with Gasteiger partial charge in [0, 0.05) is 9.92 Å². The lowest BCUT2D eigenvalue weighted by Crippen LogP contribution is -2.19. The van der Waals surface area contributed by atoms with Gasteiger partial charge in [-0.25, -0.2) is 5.43 Å². The molecule has 0 radical (unpaired) electrons. The smallest absolute Gasteiger partial charge is 0.250 e. The van der Waals surface area contributed by atoms with Crippen LogP contribution in [0, 0.1) is 0 Å². The molecule has 5 nitrogen and oxygen atoms in total. The Kier molecular flexibility index (Phi) is 9.46. The zero-order valence-electron chi connectivity index (χ0n) is 17.4. The molecule has 0 aliphatic rings. The summed E-state index contributed by atoms with van der Waals surface area (Å²) in [4.78, 5) is 13.0. The van der Waals surface area contributed by atoms with Crippen LogP contribution in [0.25, 0.3) is 0 Å². The molecule has 1 N–H and O–H groups in total. The van der Waals surface area contributed by atoms with E-state index in [-0.39, 0.29) is 11.7 Å². The molecule has 3 aromatic rings. The Hall–Kier alpha value is -2.48. The van der Waals surface area contributed by atoms with Gasteiger partial charge in [0.2, 0.25) is 5.91 Å². The van der Waals surface area contributed by atoms with Crippen LogP contribution in [0.2, 0.25) is 5.02 Å². The number of hydrogen-bond donors (Lipinski definition) is 1. The van der Waals surface area contributed by atoms with Crippen molar-refractivity contribution in [3.8, 4) is 11.5 Å². The lowest BCUT2D eigenvalue weighted by atomic mass is 10.2. The van der Waals surface area contributed by atoms with Gasteiger partial charge >= 0.3 is 0 Å². The van der Waals surface area contributed by atoms with Crippen LogP contribution >= 0.6 is 39.3 Å². The Morgan fingerprint density at radius 2 is 1.88 bits per heavy atom. The maximum Gasteiger partial charge on any atom is 0.250 e. The van der Waals surface area contributed by atoms with Crippen LogP contribution in [-0.2, 0) is 11.4 Å². The molecule has 0 heterocycles. The summed E-state index contributed by atoms with van der Waals surface area (Å²) in [6, 6.07) is 20.9. The molecular weight excluding hydrogens is 512 g/mol. The number of hydrazone groups is 1. The van der Waals surface area contributed by atoms with E-state index in [1.807, 2.05) is 61.5 Å². The van der Waals surface area contributed by atoms with Crippen molar-refractivity contribution in [2.75, 3.05) is 12.4 Å². The highest BCUT2D eigenvalue weighted by Gasteiger charge is 2.12.